The normalized spacial score (nSPS) is 27.2. The third-order valence-corrected chi connectivity index (χ3v) is 1.64. The van der Waals surface area contributed by atoms with Gasteiger partial charge in [-0.25, -0.2) is 0 Å². The summed E-state index contributed by atoms with van der Waals surface area (Å²) < 4.78 is 0. The smallest absolute Gasteiger partial charge is 0.151 e. The highest BCUT2D eigenvalue weighted by Crippen LogP contribution is 2.05. The molecule has 1 rings (SSSR count). The van der Waals surface area contributed by atoms with E-state index < -0.39 is 0 Å². The van der Waals surface area contributed by atoms with Crippen LogP contribution in [0, 0.1) is 6.92 Å². The number of Topliss-reactive ketones (excluding diaryl/α,β-unsaturated/α-hetero) is 1. The summed E-state index contributed by atoms with van der Waals surface area (Å²) in [4.78, 5) is 10.9. The van der Waals surface area contributed by atoms with Crippen LogP contribution in [0.25, 0.3) is 0 Å². The first-order chi connectivity index (χ1) is 4.34. The van der Waals surface area contributed by atoms with Gasteiger partial charge in [0.2, 0.25) is 0 Å². The van der Waals surface area contributed by atoms with Crippen LogP contribution in [0.2, 0.25) is 0 Å². The zero-order chi connectivity index (χ0) is 6.69. The van der Waals surface area contributed by atoms with Gasteiger partial charge in [-0.15, -0.1) is 0 Å². The van der Waals surface area contributed by atoms with Gasteiger partial charge in [-0.05, 0) is 6.42 Å². The largest absolute Gasteiger partial charge is 0.307 e. The molecular weight excluding hydrogens is 114 g/mol. The molecule has 9 heavy (non-hydrogen) atoms. The summed E-state index contributed by atoms with van der Waals surface area (Å²) in [7, 11) is 0. The molecule has 1 saturated heterocycles. The van der Waals surface area contributed by atoms with Crippen molar-refractivity contribution in [1.82, 2.24) is 5.32 Å². The third kappa shape index (κ3) is 1.52. The Labute approximate surface area is 55.6 Å². The van der Waals surface area contributed by atoms with Gasteiger partial charge in [0, 0.05) is 13.0 Å². The Hall–Kier alpha value is -0.370. The lowest BCUT2D eigenvalue weighted by atomic mass is 10.1. The van der Waals surface area contributed by atoms with Gasteiger partial charge < -0.3 is 5.32 Å². The standard InChI is InChI=1S/C7H12NO/c1-2-3-6-7(9)4-5-8-6/h6,8H,1-5H2. The van der Waals surface area contributed by atoms with Gasteiger partial charge in [0.05, 0.1) is 6.04 Å². The molecule has 0 saturated carbocycles. The number of carbonyl (C=O) groups excluding carboxylic acids is 1. The SMILES string of the molecule is [CH2]CCC1NCCC1=O. The second-order valence-electron chi connectivity index (χ2n) is 2.37. The molecule has 1 unspecified atom stereocenters. The van der Waals surface area contributed by atoms with Crippen LogP contribution in [-0.4, -0.2) is 18.4 Å². The molecule has 1 fully saturated rings. The Morgan fingerprint density at radius 2 is 2.56 bits per heavy atom. The van der Waals surface area contributed by atoms with E-state index in [0.717, 1.165) is 19.4 Å². The summed E-state index contributed by atoms with van der Waals surface area (Å²) in [5.74, 6) is 0.360. The summed E-state index contributed by atoms with van der Waals surface area (Å²) in [6.45, 7) is 4.56. The van der Waals surface area contributed by atoms with Gasteiger partial charge in [0.1, 0.15) is 0 Å². The highest BCUT2D eigenvalue weighted by molar-refractivity contribution is 5.86. The van der Waals surface area contributed by atoms with E-state index in [1.807, 2.05) is 0 Å². The van der Waals surface area contributed by atoms with Gasteiger partial charge in [0.15, 0.2) is 5.78 Å². The van der Waals surface area contributed by atoms with Crippen molar-refractivity contribution < 1.29 is 4.79 Å². The van der Waals surface area contributed by atoms with Crippen LogP contribution in [0.3, 0.4) is 0 Å². The molecule has 1 atom stereocenters. The number of hydrogen-bond donors (Lipinski definition) is 1. The molecule has 1 heterocycles. The molecule has 1 N–H and O–H groups in total. The fraction of sp³-hybridized carbons (Fsp3) is 0.714. The van der Waals surface area contributed by atoms with Crippen molar-refractivity contribution in [2.75, 3.05) is 6.54 Å². The lowest BCUT2D eigenvalue weighted by Gasteiger charge is -2.04. The predicted molar refractivity (Wildman–Crippen MR) is 36.0 cm³/mol. The van der Waals surface area contributed by atoms with E-state index in [2.05, 4.69) is 12.2 Å². The Balaban J connectivity index is 2.31. The second-order valence-corrected chi connectivity index (χ2v) is 2.37. The molecule has 0 aromatic heterocycles. The maximum atomic E-state index is 10.9. The molecule has 0 bridgehead atoms. The second kappa shape index (κ2) is 2.97. The van der Waals surface area contributed by atoms with E-state index in [-0.39, 0.29) is 6.04 Å². The molecule has 0 amide bonds. The van der Waals surface area contributed by atoms with Crippen molar-refractivity contribution in [3.8, 4) is 0 Å². The number of nitrogens with one attached hydrogen (secondary N) is 1. The molecule has 1 aliphatic heterocycles. The van der Waals surface area contributed by atoms with Gasteiger partial charge in [-0.3, -0.25) is 4.79 Å². The van der Waals surface area contributed by atoms with Crippen molar-refractivity contribution in [3.63, 3.8) is 0 Å². The van der Waals surface area contributed by atoms with Crippen LogP contribution >= 0.6 is 0 Å². The van der Waals surface area contributed by atoms with E-state index in [0.29, 0.717) is 12.2 Å². The fourth-order valence-electron chi connectivity index (χ4n) is 1.12. The van der Waals surface area contributed by atoms with Crippen LogP contribution in [0.4, 0.5) is 0 Å². The Kier molecular flexibility index (Phi) is 2.22. The minimum absolute atomic E-state index is 0.127. The van der Waals surface area contributed by atoms with E-state index in [4.69, 9.17) is 0 Å². The first-order valence-electron chi connectivity index (χ1n) is 3.40. The van der Waals surface area contributed by atoms with Crippen molar-refractivity contribution in [2.45, 2.75) is 25.3 Å². The fourth-order valence-corrected chi connectivity index (χ4v) is 1.12. The van der Waals surface area contributed by atoms with Crippen molar-refractivity contribution >= 4 is 5.78 Å². The maximum Gasteiger partial charge on any atom is 0.151 e. The summed E-state index contributed by atoms with van der Waals surface area (Å²) in [5.41, 5.74) is 0. The zero-order valence-corrected chi connectivity index (χ0v) is 5.52. The highest BCUT2D eigenvalue weighted by Gasteiger charge is 2.21. The Morgan fingerprint density at radius 1 is 1.78 bits per heavy atom. The zero-order valence-electron chi connectivity index (χ0n) is 5.52. The predicted octanol–water partition coefficient (Wildman–Crippen LogP) is 0.532. The Bertz CT molecular complexity index is 111. The van der Waals surface area contributed by atoms with E-state index in [9.17, 15) is 4.79 Å². The average molecular weight is 126 g/mol. The van der Waals surface area contributed by atoms with Gasteiger partial charge in [0.25, 0.3) is 0 Å². The molecule has 1 aliphatic rings. The molecule has 51 valence electrons. The molecule has 0 aromatic rings. The van der Waals surface area contributed by atoms with Crippen LogP contribution in [-0.2, 0) is 4.79 Å². The maximum absolute atomic E-state index is 10.9. The molecule has 0 aliphatic carbocycles. The topological polar surface area (TPSA) is 29.1 Å². The third-order valence-electron chi connectivity index (χ3n) is 1.64. The van der Waals surface area contributed by atoms with Gasteiger partial charge in [-0.2, -0.15) is 0 Å². The van der Waals surface area contributed by atoms with Crippen LogP contribution in [0.15, 0.2) is 0 Å². The lowest BCUT2D eigenvalue weighted by molar-refractivity contribution is -0.118. The number of hydrogen-bond acceptors (Lipinski definition) is 2. The minimum atomic E-state index is 0.127. The van der Waals surface area contributed by atoms with Gasteiger partial charge in [-0.1, -0.05) is 13.3 Å². The quantitative estimate of drug-likeness (QED) is 0.584. The van der Waals surface area contributed by atoms with E-state index in [1.54, 1.807) is 0 Å². The number of ketones is 1. The van der Waals surface area contributed by atoms with Gasteiger partial charge >= 0.3 is 0 Å². The van der Waals surface area contributed by atoms with Crippen LogP contribution < -0.4 is 5.32 Å². The molecule has 2 nitrogen and oxygen atoms in total. The molecule has 1 radical (unpaired) electrons. The van der Waals surface area contributed by atoms with Crippen molar-refractivity contribution in [2.24, 2.45) is 0 Å². The first kappa shape index (κ1) is 6.75. The average Bonchev–Trinajstić information content (AvgIpc) is 2.18. The van der Waals surface area contributed by atoms with Crippen LogP contribution in [0.5, 0.6) is 0 Å². The lowest BCUT2D eigenvalue weighted by Crippen LogP contribution is -2.26. The van der Waals surface area contributed by atoms with E-state index in [1.165, 1.54) is 0 Å². The Morgan fingerprint density at radius 3 is 3.00 bits per heavy atom. The summed E-state index contributed by atoms with van der Waals surface area (Å²) in [6, 6.07) is 0.127. The van der Waals surface area contributed by atoms with Crippen molar-refractivity contribution in [1.29, 1.82) is 0 Å². The number of carbonyl (C=O) groups is 1. The highest BCUT2D eigenvalue weighted by atomic mass is 16.1. The monoisotopic (exact) mass is 126 g/mol. The van der Waals surface area contributed by atoms with E-state index >= 15 is 0 Å². The summed E-state index contributed by atoms with van der Waals surface area (Å²) in [6.07, 6.45) is 2.47. The molecule has 0 aromatic carbocycles. The molecular formula is C7H12NO. The van der Waals surface area contributed by atoms with Crippen molar-refractivity contribution in [3.05, 3.63) is 6.92 Å². The summed E-state index contributed by atoms with van der Waals surface area (Å²) in [5, 5.41) is 3.12. The molecule has 2 heteroatoms. The first-order valence-corrected chi connectivity index (χ1v) is 3.40. The summed E-state index contributed by atoms with van der Waals surface area (Å²) >= 11 is 0. The minimum Gasteiger partial charge on any atom is -0.307 e. The molecule has 0 spiro atoms. The number of rotatable bonds is 2. The van der Waals surface area contributed by atoms with Crippen LogP contribution in [0.1, 0.15) is 19.3 Å².